The van der Waals surface area contributed by atoms with Crippen molar-refractivity contribution in [2.24, 2.45) is 0 Å². The zero-order valence-electron chi connectivity index (χ0n) is 15.4. The average Bonchev–Trinajstić information content (AvgIpc) is 2.60. The molecular formula is C21H27FN2O. The van der Waals surface area contributed by atoms with Crippen LogP contribution in [-0.2, 0) is 11.3 Å². The third kappa shape index (κ3) is 5.13. The fourth-order valence-corrected chi connectivity index (χ4v) is 2.76. The van der Waals surface area contributed by atoms with Crippen molar-refractivity contribution in [3.05, 3.63) is 65.5 Å². The second kappa shape index (κ2) is 8.77. The largest absolute Gasteiger partial charge is 0.324 e. The molecule has 0 fully saturated rings. The number of carbonyl (C=O) groups is 1. The fourth-order valence-electron chi connectivity index (χ4n) is 2.76. The molecule has 0 heterocycles. The standard InChI is InChI=1S/C21H27FN2O/c1-5-15(2)19-11-6-7-12-20(19)23-21(25)16(3)24(4)14-17-9-8-10-18(22)13-17/h6-13,15-16H,5,14H2,1-4H3,(H,23,25). The number of hydrogen-bond acceptors (Lipinski definition) is 2. The van der Waals surface area contributed by atoms with Crippen molar-refractivity contribution in [2.45, 2.75) is 45.7 Å². The minimum Gasteiger partial charge on any atom is -0.324 e. The van der Waals surface area contributed by atoms with E-state index in [1.165, 1.54) is 12.1 Å². The molecule has 2 unspecified atom stereocenters. The molecule has 1 N–H and O–H groups in total. The number of likely N-dealkylation sites (N-methyl/N-ethyl adjacent to an activating group) is 1. The quantitative estimate of drug-likeness (QED) is 0.784. The zero-order chi connectivity index (χ0) is 18.4. The summed E-state index contributed by atoms with van der Waals surface area (Å²) in [6, 6.07) is 14.1. The Kier molecular flexibility index (Phi) is 6.71. The lowest BCUT2D eigenvalue weighted by Gasteiger charge is -2.25. The lowest BCUT2D eigenvalue weighted by molar-refractivity contribution is -0.120. The Morgan fingerprint density at radius 1 is 1.16 bits per heavy atom. The van der Waals surface area contributed by atoms with Crippen LogP contribution in [0.4, 0.5) is 10.1 Å². The summed E-state index contributed by atoms with van der Waals surface area (Å²) < 4.78 is 13.3. The Balaban J connectivity index is 2.05. The van der Waals surface area contributed by atoms with Crippen LogP contribution >= 0.6 is 0 Å². The van der Waals surface area contributed by atoms with E-state index >= 15 is 0 Å². The molecule has 0 saturated heterocycles. The van der Waals surface area contributed by atoms with Gasteiger partial charge in [0.1, 0.15) is 5.82 Å². The molecule has 2 atom stereocenters. The second-order valence-corrected chi connectivity index (χ2v) is 6.61. The maximum atomic E-state index is 13.3. The van der Waals surface area contributed by atoms with E-state index in [-0.39, 0.29) is 17.8 Å². The van der Waals surface area contributed by atoms with Crippen LogP contribution in [0.25, 0.3) is 0 Å². The third-order valence-electron chi connectivity index (χ3n) is 4.72. The highest BCUT2D eigenvalue weighted by molar-refractivity contribution is 5.95. The normalized spacial score (nSPS) is 13.5. The van der Waals surface area contributed by atoms with Gasteiger partial charge in [0.05, 0.1) is 6.04 Å². The highest BCUT2D eigenvalue weighted by atomic mass is 19.1. The van der Waals surface area contributed by atoms with Crippen molar-refractivity contribution in [1.29, 1.82) is 0 Å². The molecule has 3 nitrogen and oxygen atoms in total. The predicted octanol–water partition coefficient (Wildman–Crippen LogP) is 4.80. The number of para-hydroxylation sites is 1. The lowest BCUT2D eigenvalue weighted by atomic mass is 9.97. The van der Waals surface area contributed by atoms with Gasteiger partial charge in [0.25, 0.3) is 0 Å². The molecule has 1 amide bonds. The Morgan fingerprint density at radius 3 is 2.56 bits per heavy atom. The average molecular weight is 342 g/mol. The molecular weight excluding hydrogens is 315 g/mol. The van der Waals surface area contributed by atoms with E-state index in [0.717, 1.165) is 23.2 Å². The van der Waals surface area contributed by atoms with E-state index in [4.69, 9.17) is 0 Å². The Hall–Kier alpha value is -2.20. The van der Waals surface area contributed by atoms with E-state index < -0.39 is 0 Å². The predicted molar refractivity (Wildman–Crippen MR) is 101 cm³/mol. The molecule has 2 aromatic rings. The number of amides is 1. The molecule has 0 aliphatic rings. The van der Waals surface area contributed by atoms with Crippen LogP contribution in [0, 0.1) is 5.82 Å². The van der Waals surface area contributed by atoms with Gasteiger partial charge >= 0.3 is 0 Å². The first-order valence-electron chi connectivity index (χ1n) is 8.76. The van der Waals surface area contributed by atoms with Crippen molar-refractivity contribution in [1.82, 2.24) is 4.90 Å². The van der Waals surface area contributed by atoms with Gasteiger partial charge in [0, 0.05) is 12.2 Å². The third-order valence-corrected chi connectivity index (χ3v) is 4.72. The van der Waals surface area contributed by atoms with Crippen LogP contribution in [0.3, 0.4) is 0 Å². The topological polar surface area (TPSA) is 32.3 Å². The molecule has 2 aromatic carbocycles. The maximum absolute atomic E-state index is 13.3. The number of halogens is 1. The molecule has 0 saturated carbocycles. The summed E-state index contributed by atoms with van der Waals surface area (Å²) in [5, 5.41) is 3.05. The number of carbonyl (C=O) groups excluding carboxylic acids is 1. The van der Waals surface area contributed by atoms with E-state index in [1.54, 1.807) is 6.07 Å². The van der Waals surface area contributed by atoms with Gasteiger partial charge in [-0.25, -0.2) is 4.39 Å². The molecule has 4 heteroatoms. The highest BCUT2D eigenvalue weighted by Gasteiger charge is 2.20. The van der Waals surface area contributed by atoms with Gasteiger partial charge in [-0.1, -0.05) is 44.2 Å². The summed E-state index contributed by atoms with van der Waals surface area (Å²) in [5.41, 5.74) is 2.87. The Bertz CT molecular complexity index is 717. The molecule has 0 spiro atoms. The molecule has 0 aliphatic heterocycles. The number of rotatable bonds is 7. The van der Waals surface area contributed by atoms with Crippen molar-refractivity contribution < 1.29 is 9.18 Å². The Labute approximate surface area is 149 Å². The molecule has 134 valence electrons. The first-order valence-corrected chi connectivity index (χ1v) is 8.76. The van der Waals surface area contributed by atoms with Crippen LogP contribution in [0.1, 0.15) is 44.2 Å². The minimum atomic E-state index is -0.326. The Morgan fingerprint density at radius 2 is 1.88 bits per heavy atom. The second-order valence-electron chi connectivity index (χ2n) is 6.61. The van der Waals surface area contributed by atoms with E-state index in [0.29, 0.717) is 12.5 Å². The number of nitrogens with one attached hydrogen (secondary N) is 1. The number of anilines is 1. The highest BCUT2D eigenvalue weighted by Crippen LogP contribution is 2.26. The van der Waals surface area contributed by atoms with Crippen LogP contribution in [-0.4, -0.2) is 23.9 Å². The van der Waals surface area contributed by atoms with Crippen molar-refractivity contribution in [2.75, 3.05) is 12.4 Å². The van der Waals surface area contributed by atoms with E-state index in [1.807, 2.05) is 43.1 Å². The van der Waals surface area contributed by atoms with Crippen LogP contribution < -0.4 is 5.32 Å². The smallest absolute Gasteiger partial charge is 0.241 e. The molecule has 0 aromatic heterocycles. The number of benzene rings is 2. The van der Waals surface area contributed by atoms with Crippen molar-refractivity contribution >= 4 is 11.6 Å². The van der Waals surface area contributed by atoms with Gasteiger partial charge in [0.2, 0.25) is 5.91 Å². The summed E-state index contributed by atoms with van der Waals surface area (Å²) in [6.07, 6.45) is 1.02. The van der Waals surface area contributed by atoms with Gasteiger partial charge in [-0.15, -0.1) is 0 Å². The van der Waals surface area contributed by atoms with Gasteiger partial charge in [-0.3, -0.25) is 9.69 Å². The fraction of sp³-hybridized carbons (Fsp3) is 0.381. The summed E-state index contributed by atoms with van der Waals surface area (Å²) in [4.78, 5) is 14.6. The lowest BCUT2D eigenvalue weighted by Crippen LogP contribution is -2.39. The van der Waals surface area contributed by atoms with Crippen molar-refractivity contribution in [3.63, 3.8) is 0 Å². The number of nitrogens with zero attached hydrogens (tertiary/aromatic N) is 1. The van der Waals surface area contributed by atoms with Crippen LogP contribution in [0.15, 0.2) is 48.5 Å². The van der Waals surface area contributed by atoms with Gasteiger partial charge in [-0.2, -0.15) is 0 Å². The molecule has 0 bridgehead atoms. The van der Waals surface area contributed by atoms with E-state index in [2.05, 4.69) is 25.2 Å². The molecule has 0 aliphatic carbocycles. The molecule has 0 radical (unpaired) electrons. The van der Waals surface area contributed by atoms with Crippen LogP contribution in [0.5, 0.6) is 0 Å². The molecule has 2 rings (SSSR count). The first-order chi connectivity index (χ1) is 11.9. The first kappa shape index (κ1) is 19.1. The summed E-state index contributed by atoms with van der Waals surface area (Å²) in [5.74, 6) is 0.0666. The van der Waals surface area contributed by atoms with Gasteiger partial charge in [0.15, 0.2) is 0 Å². The molecule has 25 heavy (non-hydrogen) atoms. The van der Waals surface area contributed by atoms with Crippen LogP contribution in [0.2, 0.25) is 0 Å². The monoisotopic (exact) mass is 342 g/mol. The summed E-state index contributed by atoms with van der Waals surface area (Å²) >= 11 is 0. The van der Waals surface area contributed by atoms with Gasteiger partial charge < -0.3 is 5.32 Å². The van der Waals surface area contributed by atoms with Crippen molar-refractivity contribution in [3.8, 4) is 0 Å². The zero-order valence-corrected chi connectivity index (χ0v) is 15.4. The van der Waals surface area contributed by atoms with E-state index in [9.17, 15) is 9.18 Å². The summed E-state index contributed by atoms with van der Waals surface area (Å²) in [7, 11) is 1.87. The maximum Gasteiger partial charge on any atom is 0.241 e. The SMILES string of the molecule is CCC(C)c1ccccc1NC(=O)C(C)N(C)Cc1cccc(F)c1. The minimum absolute atomic E-state index is 0.0605. The summed E-state index contributed by atoms with van der Waals surface area (Å²) in [6.45, 7) is 6.67. The number of hydrogen-bond donors (Lipinski definition) is 1. The van der Waals surface area contributed by atoms with Gasteiger partial charge in [-0.05, 0) is 55.6 Å².